The van der Waals surface area contributed by atoms with Gasteiger partial charge in [0, 0.05) is 33.9 Å². The zero-order valence-corrected chi connectivity index (χ0v) is 19.3. The number of methoxy groups -OCH3 is 1. The number of thioether (sulfide) groups is 1. The molecule has 3 N–H and O–H groups in total. The van der Waals surface area contributed by atoms with E-state index in [1.165, 1.54) is 16.8 Å². The van der Waals surface area contributed by atoms with Crippen LogP contribution in [0.4, 0.5) is 11.5 Å². The molecule has 0 atom stereocenters. The number of hydrogen-bond donors (Lipinski definition) is 2. The average molecular weight is 449 g/mol. The minimum absolute atomic E-state index is 0.536. The number of nitrogen functional groups attached to an aromatic ring is 1. The second-order valence-electron chi connectivity index (χ2n) is 6.87. The summed E-state index contributed by atoms with van der Waals surface area (Å²) in [4.78, 5) is 10.3. The van der Waals surface area contributed by atoms with Gasteiger partial charge in [0.15, 0.2) is 0 Å². The van der Waals surface area contributed by atoms with Crippen LogP contribution in [0.1, 0.15) is 6.92 Å². The number of fused-ring (bicyclic) bond motifs is 1. The van der Waals surface area contributed by atoms with Gasteiger partial charge in [-0.25, -0.2) is 9.97 Å². The second kappa shape index (κ2) is 9.49. The highest BCUT2D eigenvalue weighted by molar-refractivity contribution is 7.99. The molecule has 2 aromatic heterocycles. The molecule has 0 aliphatic rings. The quantitative estimate of drug-likeness (QED) is 0.252. The first-order valence-corrected chi connectivity index (χ1v) is 12.1. The van der Waals surface area contributed by atoms with E-state index in [1.54, 1.807) is 7.11 Å². The highest BCUT2D eigenvalue weighted by Gasteiger charge is 2.11. The summed E-state index contributed by atoms with van der Waals surface area (Å²) in [5.74, 6) is 2.16. The number of nitrogens with zero attached hydrogens (tertiary/aromatic N) is 2. The summed E-state index contributed by atoms with van der Waals surface area (Å²) in [6.45, 7) is 2.15. The van der Waals surface area contributed by atoms with E-state index in [1.807, 2.05) is 42.4 Å². The van der Waals surface area contributed by atoms with Crippen molar-refractivity contribution >= 4 is 46.1 Å². The third kappa shape index (κ3) is 4.57. The van der Waals surface area contributed by atoms with Crippen LogP contribution >= 0.6 is 23.7 Å². The molecule has 0 saturated heterocycles. The van der Waals surface area contributed by atoms with Gasteiger partial charge < -0.3 is 15.2 Å². The SMILES string of the molecule is CCSc1ccc(-c2cc3cc(-c4cnc(OC)c(NSC)c4)ccc3nc2N)cc1. The average Bonchev–Trinajstić information content (AvgIpc) is 2.79. The molecular formula is C24H24N4OS2. The summed E-state index contributed by atoms with van der Waals surface area (Å²) < 4.78 is 8.57. The standard InChI is InChI=1S/C24H24N4OS2/c1-4-31-19-8-5-15(6-9-19)20-12-17-11-16(7-10-21(17)27-23(20)25)18-13-22(28-30-3)24(29-2)26-14-18/h5-14,28H,4H2,1-3H3,(H2,25,27). The van der Waals surface area contributed by atoms with Gasteiger partial charge in [0.25, 0.3) is 0 Å². The largest absolute Gasteiger partial charge is 0.480 e. The molecule has 7 heteroatoms. The van der Waals surface area contributed by atoms with Crippen molar-refractivity contribution in [3.8, 4) is 28.1 Å². The Morgan fingerprint density at radius 3 is 2.48 bits per heavy atom. The van der Waals surface area contributed by atoms with Gasteiger partial charge in [-0.15, -0.1) is 11.8 Å². The van der Waals surface area contributed by atoms with Crippen molar-refractivity contribution in [3.63, 3.8) is 0 Å². The number of anilines is 2. The maximum absolute atomic E-state index is 6.30. The minimum atomic E-state index is 0.536. The van der Waals surface area contributed by atoms with E-state index in [0.29, 0.717) is 11.7 Å². The molecule has 5 nitrogen and oxygen atoms in total. The van der Waals surface area contributed by atoms with Crippen molar-refractivity contribution in [1.29, 1.82) is 0 Å². The van der Waals surface area contributed by atoms with Crippen LogP contribution in [-0.2, 0) is 0 Å². The van der Waals surface area contributed by atoms with E-state index in [-0.39, 0.29) is 0 Å². The fourth-order valence-electron chi connectivity index (χ4n) is 3.46. The lowest BCUT2D eigenvalue weighted by molar-refractivity contribution is 0.400. The lowest BCUT2D eigenvalue weighted by atomic mass is 10.0. The monoisotopic (exact) mass is 448 g/mol. The number of hydrogen-bond acceptors (Lipinski definition) is 7. The highest BCUT2D eigenvalue weighted by Crippen LogP contribution is 2.34. The predicted octanol–water partition coefficient (Wildman–Crippen LogP) is 6.36. The third-order valence-corrected chi connectivity index (χ3v) is 6.23. The topological polar surface area (TPSA) is 73.1 Å². The van der Waals surface area contributed by atoms with E-state index in [4.69, 9.17) is 10.5 Å². The Kier molecular flexibility index (Phi) is 6.53. The van der Waals surface area contributed by atoms with Crippen molar-refractivity contribution in [2.75, 3.05) is 29.6 Å². The number of rotatable bonds is 7. The van der Waals surface area contributed by atoms with Gasteiger partial charge in [-0.05, 0) is 53.3 Å². The van der Waals surface area contributed by atoms with Crippen molar-refractivity contribution in [3.05, 3.63) is 60.8 Å². The summed E-state index contributed by atoms with van der Waals surface area (Å²) in [6.07, 6.45) is 3.79. The van der Waals surface area contributed by atoms with Gasteiger partial charge in [-0.2, -0.15) is 0 Å². The number of ether oxygens (including phenoxy) is 1. The molecule has 0 aliphatic heterocycles. The molecule has 0 fully saturated rings. The van der Waals surface area contributed by atoms with Crippen molar-refractivity contribution in [2.45, 2.75) is 11.8 Å². The molecule has 0 amide bonds. The fourth-order valence-corrected chi connectivity index (χ4v) is 4.48. The lowest BCUT2D eigenvalue weighted by Crippen LogP contribution is -1.96. The number of nitrogens with one attached hydrogen (secondary N) is 1. The number of benzene rings is 2. The van der Waals surface area contributed by atoms with Gasteiger partial charge >= 0.3 is 0 Å². The van der Waals surface area contributed by atoms with Crippen molar-refractivity contribution < 1.29 is 4.74 Å². The smallest absolute Gasteiger partial charge is 0.237 e. The molecule has 0 spiro atoms. The molecule has 4 rings (SSSR count). The van der Waals surface area contributed by atoms with Gasteiger partial charge in [0.2, 0.25) is 5.88 Å². The number of aromatic nitrogens is 2. The van der Waals surface area contributed by atoms with Crippen LogP contribution in [0.5, 0.6) is 5.88 Å². The Labute approximate surface area is 191 Å². The van der Waals surface area contributed by atoms with Crippen LogP contribution < -0.4 is 15.2 Å². The summed E-state index contributed by atoms with van der Waals surface area (Å²) >= 11 is 3.32. The molecule has 2 heterocycles. The molecule has 0 saturated carbocycles. The molecule has 0 radical (unpaired) electrons. The highest BCUT2D eigenvalue weighted by atomic mass is 32.2. The Morgan fingerprint density at radius 1 is 1.00 bits per heavy atom. The minimum Gasteiger partial charge on any atom is -0.480 e. The fraction of sp³-hybridized carbons (Fsp3) is 0.167. The summed E-state index contributed by atoms with van der Waals surface area (Å²) in [5.41, 5.74) is 12.1. The first-order chi connectivity index (χ1) is 15.1. The number of nitrogens with two attached hydrogens (primary N) is 1. The van der Waals surface area contributed by atoms with Gasteiger partial charge in [-0.1, -0.05) is 37.1 Å². The molecule has 0 bridgehead atoms. The van der Waals surface area contributed by atoms with Crippen LogP contribution in [-0.4, -0.2) is 29.1 Å². The maximum Gasteiger partial charge on any atom is 0.237 e. The summed E-state index contributed by atoms with van der Waals surface area (Å²) in [5, 5.41) is 1.03. The van der Waals surface area contributed by atoms with Crippen LogP contribution in [0, 0.1) is 0 Å². The second-order valence-corrected chi connectivity index (χ2v) is 8.82. The van der Waals surface area contributed by atoms with Crippen molar-refractivity contribution in [1.82, 2.24) is 9.97 Å². The van der Waals surface area contributed by atoms with E-state index in [0.717, 1.165) is 44.6 Å². The zero-order chi connectivity index (χ0) is 21.8. The first-order valence-electron chi connectivity index (χ1n) is 9.90. The Balaban J connectivity index is 1.75. The zero-order valence-electron chi connectivity index (χ0n) is 17.7. The van der Waals surface area contributed by atoms with Gasteiger partial charge in [0.1, 0.15) is 11.5 Å². The Morgan fingerprint density at radius 2 is 1.77 bits per heavy atom. The predicted molar refractivity (Wildman–Crippen MR) is 135 cm³/mol. The molecule has 4 aromatic rings. The van der Waals surface area contributed by atoms with Gasteiger partial charge in [0.05, 0.1) is 12.6 Å². The molecule has 31 heavy (non-hydrogen) atoms. The Hall–Kier alpha value is -2.90. The molecule has 2 aromatic carbocycles. The molecule has 0 aliphatic carbocycles. The van der Waals surface area contributed by atoms with E-state index >= 15 is 0 Å². The normalized spacial score (nSPS) is 10.9. The van der Waals surface area contributed by atoms with E-state index in [2.05, 4.69) is 58.0 Å². The first kappa shape index (κ1) is 21.3. The molecule has 158 valence electrons. The summed E-state index contributed by atoms with van der Waals surface area (Å²) in [6, 6.07) is 18.8. The lowest BCUT2D eigenvalue weighted by Gasteiger charge is -2.12. The molecular weight excluding hydrogens is 424 g/mol. The van der Waals surface area contributed by atoms with Crippen LogP contribution in [0.2, 0.25) is 0 Å². The van der Waals surface area contributed by atoms with Gasteiger partial charge in [-0.3, -0.25) is 0 Å². The summed E-state index contributed by atoms with van der Waals surface area (Å²) in [7, 11) is 1.62. The third-order valence-electron chi connectivity index (χ3n) is 4.91. The number of pyridine rings is 2. The van der Waals surface area contributed by atoms with Crippen LogP contribution in [0.3, 0.4) is 0 Å². The van der Waals surface area contributed by atoms with Crippen LogP contribution in [0.15, 0.2) is 65.7 Å². The maximum atomic E-state index is 6.30. The van der Waals surface area contributed by atoms with E-state index < -0.39 is 0 Å². The molecule has 0 unspecified atom stereocenters. The van der Waals surface area contributed by atoms with E-state index in [9.17, 15) is 0 Å². The van der Waals surface area contributed by atoms with Crippen LogP contribution in [0.25, 0.3) is 33.2 Å². The Bertz CT molecular complexity index is 1210. The van der Waals surface area contributed by atoms with Crippen molar-refractivity contribution in [2.24, 2.45) is 0 Å².